The van der Waals surface area contributed by atoms with E-state index in [1.165, 1.54) is 6.07 Å². The Morgan fingerprint density at radius 2 is 2.00 bits per heavy atom. The van der Waals surface area contributed by atoms with E-state index in [0.29, 0.717) is 12.1 Å². The number of aromatic carboxylic acids is 1. The Morgan fingerprint density at radius 3 is 2.52 bits per heavy atom. The number of carbonyl (C=O) groups is 1. The number of rotatable bonds is 5. The van der Waals surface area contributed by atoms with Crippen LogP contribution in [0.5, 0.6) is 0 Å². The van der Waals surface area contributed by atoms with E-state index in [4.69, 9.17) is 15.6 Å². The van der Waals surface area contributed by atoms with Crippen molar-refractivity contribution >= 4 is 24.1 Å². The quantitative estimate of drug-likeness (QED) is 0.715. The van der Waals surface area contributed by atoms with Crippen molar-refractivity contribution in [3.63, 3.8) is 0 Å². The van der Waals surface area contributed by atoms with Crippen LogP contribution in [-0.4, -0.2) is 48.4 Å². The molecule has 2 aromatic rings. The third-order valence-electron chi connectivity index (χ3n) is 4.87. The standard InChI is InChI=1S/C19H23N3O4.ClH/c1-3-11-8-14(19(24)25)18(23)21-17(11)12-4-6-13(7-5-12)22-9-15(20)16(10-22)26-2;/h4-8,15-16H,3,9-10,20H2,1-2H3,(H,21,23)(H,24,25);1H/t15-,16-;/m1./s1. The zero-order chi connectivity index (χ0) is 18.8. The molecule has 2 atom stereocenters. The highest BCUT2D eigenvalue weighted by Crippen LogP contribution is 2.27. The van der Waals surface area contributed by atoms with Crippen molar-refractivity contribution in [1.82, 2.24) is 4.98 Å². The molecular weight excluding hydrogens is 370 g/mol. The van der Waals surface area contributed by atoms with Crippen LogP contribution in [0.1, 0.15) is 22.8 Å². The van der Waals surface area contributed by atoms with Gasteiger partial charge in [-0.1, -0.05) is 19.1 Å². The predicted molar refractivity (Wildman–Crippen MR) is 107 cm³/mol. The number of carboxylic acid groups (broad SMARTS) is 1. The lowest BCUT2D eigenvalue weighted by molar-refractivity contribution is 0.0695. The van der Waals surface area contributed by atoms with Gasteiger partial charge < -0.3 is 25.5 Å². The van der Waals surface area contributed by atoms with E-state index in [1.807, 2.05) is 31.2 Å². The largest absolute Gasteiger partial charge is 0.477 e. The highest BCUT2D eigenvalue weighted by molar-refractivity contribution is 5.88. The number of aryl methyl sites for hydroxylation is 1. The first-order chi connectivity index (χ1) is 12.4. The minimum Gasteiger partial charge on any atom is -0.477 e. The fourth-order valence-corrected chi connectivity index (χ4v) is 3.37. The molecule has 3 rings (SSSR count). The molecule has 2 heterocycles. The van der Waals surface area contributed by atoms with Crippen LogP contribution < -0.4 is 16.2 Å². The van der Waals surface area contributed by atoms with Crippen LogP contribution in [0.3, 0.4) is 0 Å². The summed E-state index contributed by atoms with van der Waals surface area (Å²) in [6, 6.07) is 9.22. The number of ether oxygens (including phenoxy) is 1. The van der Waals surface area contributed by atoms with Gasteiger partial charge in [-0.25, -0.2) is 4.79 Å². The molecule has 1 saturated heterocycles. The molecule has 0 aliphatic carbocycles. The summed E-state index contributed by atoms with van der Waals surface area (Å²) in [5, 5.41) is 9.12. The number of H-pyrrole nitrogens is 1. The molecule has 8 heteroatoms. The summed E-state index contributed by atoms with van der Waals surface area (Å²) in [6.45, 7) is 3.39. The Balaban J connectivity index is 0.00000261. The maximum absolute atomic E-state index is 12.0. The van der Waals surface area contributed by atoms with E-state index in [-0.39, 0.29) is 30.1 Å². The number of halogens is 1. The van der Waals surface area contributed by atoms with Crippen LogP contribution in [0.2, 0.25) is 0 Å². The van der Waals surface area contributed by atoms with Crippen LogP contribution in [0, 0.1) is 0 Å². The summed E-state index contributed by atoms with van der Waals surface area (Å²) in [7, 11) is 1.67. The molecule has 1 aliphatic heterocycles. The van der Waals surface area contributed by atoms with Gasteiger partial charge in [0.05, 0.1) is 17.8 Å². The minimum absolute atomic E-state index is 0. The third-order valence-corrected chi connectivity index (χ3v) is 4.87. The number of aromatic amines is 1. The molecule has 27 heavy (non-hydrogen) atoms. The van der Waals surface area contributed by atoms with E-state index in [9.17, 15) is 9.59 Å². The highest BCUT2D eigenvalue weighted by Gasteiger charge is 2.30. The number of hydrogen-bond donors (Lipinski definition) is 3. The van der Waals surface area contributed by atoms with E-state index in [2.05, 4.69) is 9.88 Å². The summed E-state index contributed by atoms with van der Waals surface area (Å²) in [4.78, 5) is 28.1. The average molecular weight is 394 g/mol. The molecule has 1 aliphatic rings. The van der Waals surface area contributed by atoms with Gasteiger partial charge in [0.1, 0.15) is 5.56 Å². The molecule has 146 valence electrons. The number of benzene rings is 1. The molecule has 1 aromatic heterocycles. The lowest BCUT2D eigenvalue weighted by atomic mass is 10.0. The van der Waals surface area contributed by atoms with Gasteiger partial charge in [-0.3, -0.25) is 4.79 Å². The van der Waals surface area contributed by atoms with Crippen molar-refractivity contribution in [3.8, 4) is 11.3 Å². The minimum atomic E-state index is -1.22. The Bertz CT molecular complexity index is 866. The highest BCUT2D eigenvalue weighted by atomic mass is 35.5. The lowest BCUT2D eigenvalue weighted by Crippen LogP contribution is -2.34. The fourth-order valence-electron chi connectivity index (χ4n) is 3.37. The second-order valence-corrected chi connectivity index (χ2v) is 6.46. The van der Waals surface area contributed by atoms with Gasteiger partial charge in [0, 0.05) is 25.9 Å². The van der Waals surface area contributed by atoms with Crippen molar-refractivity contribution in [2.75, 3.05) is 25.1 Å². The van der Waals surface area contributed by atoms with Gasteiger partial charge in [0.25, 0.3) is 5.56 Å². The maximum atomic E-state index is 12.0. The summed E-state index contributed by atoms with van der Waals surface area (Å²) >= 11 is 0. The molecule has 4 N–H and O–H groups in total. The van der Waals surface area contributed by atoms with Crippen molar-refractivity contribution in [2.45, 2.75) is 25.5 Å². The smallest absolute Gasteiger partial charge is 0.341 e. The fraction of sp³-hybridized carbons (Fsp3) is 0.368. The number of carboxylic acids is 1. The Kier molecular flexibility index (Phi) is 6.64. The van der Waals surface area contributed by atoms with Gasteiger partial charge in [-0.05, 0) is 35.7 Å². The van der Waals surface area contributed by atoms with Crippen molar-refractivity contribution in [3.05, 3.63) is 51.8 Å². The zero-order valence-electron chi connectivity index (χ0n) is 15.3. The first-order valence-corrected chi connectivity index (χ1v) is 8.57. The maximum Gasteiger partial charge on any atom is 0.341 e. The Hall–Kier alpha value is -2.35. The summed E-state index contributed by atoms with van der Waals surface area (Å²) < 4.78 is 5.39. The van der Waals surface area contributed by atoms with Gasteiger partial charge in [-0.2, -0.15) is 0 Å². The van der Waals surface area contributed by atoms with Gasteiger partial charge in [-0.15, -0.1) is 12.4 Å². The molecule has 7 nitrogen and oxygen atoms in total. The average Bonchev–Trinajstić information content (AvgIpc) is 3.02. The van der Waals surface area contributed by atoms with Crippen molar-refractivity contribution < 1.29 is 14.6 Å². The first-order valence-electron chi connectivity index (χ1n) is 8.57. The number of pyridine rings is 1. The number of hydrogen-bond acceptors (Lipinski definition) is 5. The van der Waals surface area contributed by atoms with E-state index in [1.54, 1.807) is 7.11 Å². The molecule has 0 unspecified atom stereocenters. The molecule has 0 saturated carbocycles. The van der Waals surface area contributed by atoms with Crippen LogP contribution in [0.4, 0.5) is 5.69 Å². The zero-order valence-corrected chi connectivity index (χ0v) is 16.1. The van der Waals surface area contributed by atoms with Gasteiger partial charge >= 0.3 is 5.97 Å². The number of aromatic nitrogens is 1. The molecular formula is C19H24ClN3O4. The van der Waals surface area contributed by atoms with E-state index in [0.717, 1.165) is 29.9 Å². The number of nitrogens with one attached hydrogen (secondary N) is 1. The monoisotopic (exact) mass is 393 g/mol. The summed E-state index contributed by atoms with van der Waals surface area (Å²) in [5.74, 6) is -1.22. The van der Waals surface area contributed by atoms with Crippen LogP contribution in [0.25, 0.3) is 11.3 Å². The van der Waals surface area contributed by atoms with Crippen molar-refractivity contribution in [1.29, 1.82) is 0 Å². The SMILES string of the molecule is CCc1cc(C(=O)O)c(=O)[nH]c1-c1ccc(N2C[C@@H](N)[C@H](OC)C2)cc1.Cl. The number of nitrogens with zero attached hydrogens (tertiary/aromatic N) is 1. The second kappa shape index (κ2) is 8.56. The van der Waals surface area contributed by atoms with E-state index < -0.39 is 11.5 Å². The first kappa shape index (κ1) is 21.0. The van der Waals surface area contributed by atoms with Gasteiger partial charge in [0.15, 0.2) is 0 Å². The van der Waals surface area contributed by atoms with E-state index >= 15 is 0 Å². The summed E-state index contributed by atoms with van der Waals surface area (Å²) in [6.07, 6.45) is 0.631. The molecule has 0 bridgehead atoms. The third kappa shape index (κ3) is 4.16. The Morgan fingerprint density at radius 1 is 1.33 bits per heavy atom. The topological polar surface area (TPSA) is 109 Å². The molecule has 1 aromatic carbocycles. The molecule has 0 radical (unpaired) electrons. The predicted octanol–water partition coefficient (Wildman–Crippen LogP) is 1.89. The normalized spacial score (nSPS) is 19.0. The molecule has 0 amide bonds. The number of nitrogens with two attached hydrogens (primary N) is 1. The second-order valence-electron chi connectivity index (χ2n) is 6.46. The van der Waals surface area contributed by atoms with Crippen LogP contribution in [-0.2, 0) is 11.2 Å². The van der Waals surface area contributed by atoms with Crippen LogP contribution in [0.15, 0.2) is 35.1 Å². The number of methoxy groups -OCH3 is 1. The molecule has 0 spiro atoms. The molecule has 1 fully saturated rings. The van der Waals surface area contributed by atoms with Crippen LogP contribution >= 0.6 is 12.4 Å². The van der Waals surface area contributed by atoms with Crippen molar-refractivity contribution in [2.24, 2.45) is 5.73 Å². The van der Waals surface area contributed by atoms with Gasteiger partial charge in [0.2, 0.25) is 0 Å². The lowest BCUT2D eigenvalue weighted by Gasteiger charge is -2.19. The number of anilines is 1. The summed E-state index contributed by atoms with van der Waals surface area (Å²) in [5.41, 5.74) is 8.56. The Labute approximate surface area is 163 Å².